The van der Waals surface area contributed by atoms with Gasteiger partial charge >= 0.3 is 0 Å². The van der Waals surface area contributed by atoms with Gasteiger partial charge in [0.25, 0.3) is 0 Å². The predicted molar refractivity (Wildman–Crippen MR) is 94.0 cm³/mol. The van der Waals surface area contributed by atoms with Gasteiger partial charge in [-0.1, -0.05) is 18.6 Å². The Morgan fingerprint density at radius 3 is 2.62 bits per heavy atom. The van der Waals surface area contributed by atoms with Gasteiger partial charge in [0.15, 0.2) is 0 Å². The van der Waals surface area contributed by atoms with Gasteiger partial charge in [-0.3, -0.25) is 4.79 Å². The van der Waals surface area contributed by atoms with Crippen LogP contribution >= 0.6 is 0 Å². The smallest absolute Gasteiger partial charge is 0.238 e. The Morgan fingerprint density at radius 2 is 2.00 bits per heavy atom. The Balaban J connectivity index is 1.69. The zero-order valence-electron chi connectivity index (χ0n) is 14.2. The summed E-state index contributed by atoms with van der Waals surface area (Å²) < 4.78 is 22.4. The molecule has 2 rings (SSSR count). The van der Waals surface area contributed by atoms with Crippen molar-refractivity contribution in [1.29, 1.82) is 0 Å². The Morgan fingerprint density at radius 1 is 1.29 bits per heavy atom. The summed E-state index contributed by atoms with van der Waals surface area (Å²) in [4.78, 5) is 14.4. The highest BCUT2D eigenvalue weighted by Crippen LogP contribution is 2.18. The van der Waals surface area contributed by atoms with Crippen molar-refractivity contribution in [2.24, 2.45) is 5.14 Å². The van der Waals surface area contributed by atoms with Gasteiger partial charge in [0, 0.05) is 19.0 Å². The van der Waals surface area contributed by atoms with Crippen LogP contribution in [0, 0.1) is 0 Å². The lowest BCUT2D eigenvalue weighted by Crippen LogP contribution is -2.37. The minimum absolute atomic E-state index is 0.0788. The van der Waals surface area contributed by atoms with E-state index in [0.717, 1.165) is 18.5 Å². The van der Waals surface area contributed by atoms with E-state index in [0.29, 0.717) is 25.4 Å². The van der Waals surface area contributed by atoms with Crippen LogP contribution in [-0.4, -0.2) is 45.4 Å². The van der Waals surface area contributed by atoms with Crippen LogP contribution in [0.5, 0.6) is 0 Å². The number of rotatable bonds is 7. The van der Waals surface area contributed by atoms with Crippen molar-refractivity contribution < 1.29 is 13.2 Å². The lowest BCUT2D eigenvalue weighted by molar-refractivity contribution is -0.121. The summed E-state index contributed by atoms with van der Waals surface area (Å²) in [6.45, 7) is 1.68. The van der Waals surface area contributed by atoms with Crippen molar-refractivity contribution in [3.8, 4) is 0 Å². The van der Waals surface area contributed by atoms with Gasteiger partial charge in [0.05, 0.1) is 4.90 Å². The van der Waals surface area contributed by atoms with Crippen LogP contribution in [-0.2, 0) is 21.2 Å². The molecule has 0 saturated carbocycles. The van der Waals surface area contributed by atoms with Crippen LogP contribution in [0.25, 0.3) is 0 Å². The summed E-state index contributed by atoms with van der Waals surface area (Å²) in [6.07, 6.45) is 5.82. The highest BCUT2D eigenvalue weighted by atomic mass is 32.2. The number of amides is 1. The molecular formula is C17H27N3O3S. The summed E-state index contributed by atoms with van der Waals surface area (Å²) in [7, 11) is -1.52. The number of benzene rings is 1. The van der Waals surface area contributed by atoms with E-state index in [1.807, 2.05) is 0 Å². The molecule has 1 atom stereocenters. The molecule has 24 heavy (non-hydrogen) atoms. The van der Waals surface area contributed by atoms with E-state index in [9.17, 15) is 13.2 Å². The van der Waals surface area contributed by atoms with Crippen LogP contribution in [0.3, 0.4) is 0 Å². The number of nitrogens with two attached hydrogens (primary N) is 1. The predicted octanol–water partition coefficient (Wildman–Crippen LogP) is 1.26. The Labute approximate surface area is 144 Å². The van der Waals surface area contributed by atoms with E-state index >= 15 is 0 Å². The summed E-state index contributed by atoms with van der Waals surface area (Å²) in [6, 6.07) is 6.96. The average molecular weight is 353 g/mol. The summed E-state index contributed by atoms with van der Waals surface area (Å²) in [5.74, 6) is 0.0788. The molecule has 1 aromatic rings. The fourth-order valence-electron chi connectivity index (χ4n) is 3.09. The summed E-state index contributed by atoms with van der Waals surface area (Å²) in [5, 5.41) is 7.99. The first-order valence-electron chi connectivity index (χ1n) is 8.45. The maximum atomic E-state index is 11.9. The van der Waals surface area contributed by atoms with Crippen molar-refractivity contribution in [1.82, 2.24) is 10.2 Å². The molecule has 3 N–H and O–H groups in total. The minimum Gasteiger partial charge on any atom is -0.356 e. The monoisotopic (exact) mass is 353 g/mol. The molecule has 1 fully saturated rings. The van der Waals surface area contributed by atoms with Crippen LogP contribution in [0.1, 0.15) is 37.7 Å². The summed E-state index contributed by atoms with van der Waals surface area (Å²) in [5.41, 5.74) is 0.967. The first kappa shape index (κ1) is 18.9. The molecule has 0 spiro atoms. The largest absolute Gasteiger partial charge is 0.356 e. The molecule has 0 radical (unpaired) electrons. The zero-order chi connectivity index (χ0) is 17.6. The van der Waals surface area contributed by atoms with Crippen molar-refractivity contribution >= 4 is 15.9 Å². The third-order valence-corrected chi connectivity index (χ3v) is 5.54. The van der Waals surface area contributed by atoms with Gasteiger partial charge in [-0.05, 0) is 57.0 Å². The van der Waals surface area contributed by atoms with Gasteiger partial charge < -0.3 is 10.2 Å². The molecule has 1 aliphatic rings. The van der Waals surface area contributed by atoms with Crippen LogP contribution in [0.15, 0.2) is 29.2 Å². The van der Waals surface area contributed by atoms with Gasteiger partial charge in [-0.25, -0.2) is 13.6 Å². The molecule has 0 aromatic heterocycles. The van der Waals surface area contributed by atoms with E-state index in [-0.39, 0.29) is 10.8 Å². The minimum atomic E-state index is -3.65. The fourth-order valence-corrected chi connectivity index (χ4v) is 3.60. The number of piperidine rings is 1. The molecule has 6 nitrogen and oxygen atoms in total. The lowest BCUT2D eigenvalue weighted by atomic mass is 9.98. The lowest BCUT2D eigenvalue weighted by Gasteiger charge is -2.32. The Hall–Kier alpha value is -1.44. The number of likely N-dealkylation sites (tertiary alicyclic amines) is 1. The Bertz CT molecular complexity index is 644. The van der Waals surface area contributed by atoms with E-state index in [1.54, 1.807) is 12.1 Å². The van der Waals surface area contributed by atoms with Gasteiger partial charge in [-0.2, -0.15) is 0 Å². The second-order valence-corrected chi connectivity index (χ2v) is 8.02. The maximum Gasteiger partial charge on any atom is 0.238 e. The van der Waals surface area contributed by atoms with Crippen molar-refractivity contribution in [3.63, 3.8) is 0 Å². The molecule has 7 heteroatoms. The van der Waals surface area contributed by atoms with Gasteiger partial charge in [-0.15, -0.1) is 0 Å². The highest BCUT2D eigenvalue weighted by molar-refractivity contribution is 7.89. The third kappa shape index (κ3) is 5.89. The topological polar surface area (TPSA) is 92.5 Å². The molecule has 1 amide bonds. The second kappa shape index (κ2) is 8.60. The maximum absolute atomic E-state index is 11.9. The first-order chi connectivity index (χ1) is 11.4. The summed E-state index contributed by atoms with van der Waals surface area (Å²) >= 11 is 0. The number of carbonyl (C=O) groups is 1. The van der Waals surface area contributed by atoms with E-state index in [4.69, 9.17) is 5.14 Å². The number of hydrogen-bond acceptors (Lipinski definition) is 4. The van der Waals surface area contributed by atoms with Gasteiger partial charge in [0.1, 0.15) is 0 Å². The molecule has 0 bridgehead atoms. The van der Waals surface area contributed by atoms with E-state index in [2.05, 4.69) is 17.3 Å². The van der Waals surface area contributed by atoms with Crippen molar-refractivity contribution in [2.45, 2.75) is 49.5 Å². The quantitative estimate of drug-likeness (QED) is 0.772. The fraction of sp³-hybridized carbons (Fsp3) is 0.588. The molecule has 1 unspecified atom stereocenters. The number of nitrogens with one attached hydrogen (secondary N) is 1. The van der Waals surface area contributed by atoms with Crippen LogP contribution in [0.4, 0.5) is 0 Å². The Kier molecular flexibility index (Phi) is 6.77. The third-order valence-electron chi connectivity index (χ3n) is 4.61. The molecule has 1 saturated heterocycles. The number of nitrogens with zero attached hydrogens (tertiary/aromatic N) is 1. The molecule has 0 aliphatic carbocycles. The average Bonchev–Trinajstić information content (AvgIpc) is 2.54. The number of primary sulfonamides is 1. The second-order valence-electron chi connectivity index (χ2n) is 6.46. The molecule has 1 aliphatic heterocycles. The van der Waals surface area contributed by atoms with Crippen LogP contribution in [0.2, 0.25) is 0 Å². The zero-order valence-corrected chi connectivity index (χ0v) is 15.0. The molecular weight excluding hydrogens is 326 g/mol. The standard InChI is InChI=1S/C17H27N3O3S/c1-20-13-3-2-4-15(20)7-10-17(21)19-12-11-14-5-8-16(9-6-14)24(18,22)23/h5-6,8-9,15H,2-4,7,10-13H2,1H3,(H,19,21)(H2,18,22,23). The molecule has 134 valence electrons. The molecule has 1 heterocycles. The highest BCUT2D eigenvalue weighted by Gasteiger charge is 2.19. The van der Waals surface area contributed by atoms with Crippen molar-refractivity contribution in [2.75, 3.05) is 20.1 Å². The van der Waals surface area contributed by atoms with Crippen molar-refractivity contribution in [3.05, 3.63) is 29.8 Å². The SMILES string of the molecule is CN1CCCCC1CCC(=O)NCCc1ccc(S(N)(=O)=O)cc1. The number of carbonyl (C=O) groups excluding carboxylic acids is 1. The van der Waals surface area contributed by atoms with Crippen LogP contribution < -0.4 is 10.5 Å². The number of sulfonamides is 1. The normalized spacial score (nSPS) is 19.2. The van der Waals surface area contributed by atoms with E-state index in [1.165, 1.54) is 31.4 Å². The van der Waals surface area contributed by atoms with Gasteiger partial charge in [0.2, 0.25) is 15.9 Å². The van der Waals surface area contributed by atoms with E-state index < -0.39 is 10.0 Å². The number of hydrogen-bond donors (Lipinski definition) is 2. The molecule has 1 aromatic carbocycles. The first-order valence-corrected chi connectivity index (χ1v) is 9.99.